The van der Waals surface area contributed by atoms with E-state index in [9.17, 15) is 4.79 Å². The van der Waals surface area contributed by atoms with Gasteiger partial charge in [0.15, 0.2) is 5.65 Å². The zero-order valence-electron chi connectivity index (χ0n) is 18.6. The molecule has 0 fully saturated rings. The van der Waals surface area contributed by atoms with Gasteiger partial charge in [0.25, 0.3) is 0 Å². The van der Waals surface area contributed by atoms with Crippen LogP contribution in [-0.4, -0.2) is 66.5 Å². The number of benzene rings is 1. The molecule has 0 saturated heterocycles. The van der Waals surface area contributed by atoms with Gasteiger partial charge < -0.3 is 25.2 Å². The lowest BCUT2D eigenvalue weighted by molar-refractivity contribution is -0.111. The fraction of sp³-hybridized carbons (Fsp3) is 0.318. The standard InChI is InChI=1S/C22H29N7O2/c1-7-22(30)26-16-10-17(19(31-6)11-18(16)28(5)9-8-27(3)4)25-20-14-29-15(2)12-24-21(29)13-23-20/h7,10-14,25H,1,8-9H2,2-6H3,(H,26,30). The first-order valence-corrected chi connectivity index (χ1v) is 9.90. The van der Waals surface area contributed by atoms with Gasteiger partial charge in [0.05, 0.1) is 36.6 Å². The SMILES string of the molecule is C=CC(=O)Nc1cc(Nc2cn3c(C)cnc3cn2)c(OC)cc1N(C)CCN(C)C. The van der Waals surface area contributed by atoms with E-state index in [2.05, 4.69) is 37.0 Å². The van der Waals surface area contributed by atoms with Crippen LogP contribution in [-0.2, 0) is 4.79 Å². The van der Waals surface area contributed by atoms with Crippen molar-refractivity contribution in [1.82, 2.24) is 19.3 Å². The van der Waals surface area contributed by atoms with Crippen molar-refractivity contribution in [2.24, 2.45) is 0 Å². The van der Waals surface area contributed by atoms with Gasteiger partial charge in [-0.2, -0.15) is 0 Å². The van der Waals surface area contributed by atoms with E-state index in [0.29, 0.717) is 22.9 Å². The van der Waals surface area contributed by atoms with Crippen LogP contribution in [0.4, 0.5) is 22.9 Å². The van der Waals surface area contributed by atoms with Crippen LogP contribution in [0.15, 0.2) is 43.4 Å². The summed E-state index contributed by atoms with van der Waals surface area (Å²) in [6.07, 6.45) is 6.61. The lowest BCUT2D eigenvalue weighted by Crippen LogP contribution is -2.29. The predicted molar refractivity (Wildman–Crippen MR) is 125 cm³/mol. The Morgan fingerprint density at radius 1 is 1.19 bits per heavy atom. The van der Waals surface area contributed by atoms with Crippen molar-refractivity contribution < 1.29 is 9.53 Å². The van der Waals surface area contributed by atoms with E-state index in [4.69, 9.17) is 4.74 Å². The highest BCUT2D eigenvalue weighted by Gasteiger charge is 2.16. The Labute approximate surface area is 182 Å². The van der Waals surface area contributed by atoms with Crippen molar-refractivity contribution in [3.8, 4) is 5.75 Å². The topological polar surface area (TPSA) is 87.0 Å². The summed E-state index contributed by atoms with van der Waals surface area (Å²) in [6.45, 7) is 7.17. The molecule has 2 aromatic heterocycles. The summed E-state index contributed by atoms with van der Waals surface area (Å²) in [5.41, 5.74) is 3.94. The molecule has 0 unspecified atom stereocenters. The number of nitrogens with one attached hydrogen (secondary N) is 2. The molecule has 0 spiro atoms. The molecule has 2 heterocycles. The van der Waals surface area contributed by atoms with Gasteiger partial charge in [0, 0.05) is 38.1 Å². The summed E-state index contributed by atoms with van der Waals surface area (Å²) in [5, 5.41) is 6.19. The van der Waals surface area contributed by atoms with E-state index in [-0.39, 0.29) is 5.91 Å². The summed E-state index contributed by atoms with van der Waals surface area (Å²) in [5.74, 6) is 0.973. The molecule has 164 valence electrons. The molecule has 9 nitrogen and oxygen atoms in total. The zero-order chi connectivity index (χ0) is 22.5. The van der Waals surface area contributed by atoms with Gasteiger partial charge in [-0.1, -0.05) is 6.58 Å². The molecule has 0 radical (unpaired) electrons. The highest BCUT2D eigenvalue weighted by molar-refractivity contribution is 6.02. The van der Waals surface area contributed by atoms with Crippen LogP contribution in [0.5, 0.6) is 5.75 Å². The molecule has 0 bridgehead atoms. The van der Waals surface area contributed by atoms with E-state index < -0.39 is 0 Å². The first-order valence-electron chi connectivity index (χ1n) is 9.90. The summed E-state index contributed by atoms with van der Waals surface area (Å²) in [4.78, 5) is 25.0. The number of amides is 1. The molecule has 3 rings (SSSR count). The molecule has 31 heavy (non-hydrogen) atoms. The Kier molecular flexibility index (Phi) is 6.76. The van der Waals surface area contributed by atoms with Crippen LogP contribution in [0, 0.1) is 6.92 Å². The van der Waals surface area contributed by atoms with Crippen molar-refractivity contribution in [2.45, 2.75) is 6.92 Å². The average molecular weight is 424 g/mol. The number of anilines is 4. The Balaban J connectivity index is 1.99. The van der Waals surface area contributed by atoms with E-state index in [1.165, 1.54) is 6.08 Å². The van der Waals surface area contributed by atoms with Crippen LogP contribution < -0.4 is 20.3 Å². The van der Waals surface area contributed by atoms with Crippen molar-refractivity contribution in [3.63, 3.8) is 0 Å². The van der Waals surface area contributed by atoms with Crippen molar-refractivity contribution >= 4 is 34.4 Å². The molecule has 0 aliphatic heterocycles. The van der Waals surface area contributed by atoms with Crippen LogP contribution >= 0.6 is 0 Å². The number of carbonyl (C=O) groups is 1. The number of aromatic nitrogens is 3. The maximum absolute atomic E-state index is 12.1. The van der Waals surface area contributed by atoms with Gasteiger partial charge in [-0.15, -0.1) is 0 Å². The number of carbonyl (C=O) groups excluding carboxylic acids is 1. The second kappa shape index (κ2) is 9.48. The molecule has 9 heteroatoms. The van der Waals surface area contributed by atoms with E-state index in [1.54, 1.807) is 19.5 Å². The molecular weight excluding hydrogens is 394 g/mol. The lowest BCUT2D eigenvalue weighted by atomic mass is 10.2. The first-order chi connectivity index (χ1) is 14.8. The van der Waals surface area contributed by atoms with E-state index >= 15 is 0 Å². The number of hydrogen-bond donors (Lipinski definition) is 2. The first kappa shape index (κ1) is 22.1. The summed E-state index contributed by atoms with van der Waals surface area (Å²) in [6, 6.07) is 3.74. The van der Waals surface area contributed by atoms with Gasteiger partial charge in [-0.05, 0) is 33.2 Å². The highest BCUT2D eigenvalue weighted by Crippen LogP contribution is 2.38. The molecule has 3 aromatic rings. The third-order valence-electron chi connectivity index (χ3n) is 4.90. The van der Waals surface area contributed by atoms with Crippen LogP contribution in [0.2, 0.25) is 0 Å². The second-order valence-corrected chi connectivity index (χ2v) is 7.51. The largest absolute Gasteiger partial charge is 0.494 e. The quantitative estimate of drug-likeness (QED) is 0.512. The van der Waals surface area contributed by atoms with Crippen molar-refractivity contribution in [3.05, 3.63) is 49.1 Å². The number of rotatable bonds is 9. The van der Waals surface area contributed by atoms with Crippen LogP contribution in [0.3, 0.4) is 0 Å². The second-order valence-electron chi connectivity index (χ2n) is 7.51. The van der Waals surface area contributed by atoms with Gasteiger partial charge >= 0.3 is 0 Å². The fourth-order valence-electron chi connectivity index (χ4n) is 3.12. The number of hydrogen-bond acceptors (Lipinski definition) is 7. The Morgan fingerprint density at radius 2 is 1.97 bits per heavy atom. The summed E-state index contributed by atoms with van der Waals surface area (Å²) >= 11 is 0. The number of aryl methyl sites for hydroxylation is 1. The Morgan fingerprint density at radius 3 is 2.65 bits per heavy atom. The zero-order valence-corrected chi connectivity index (χ0v) is 18.6. The number of ether oxygens (including phenoxy) is 1. The molecule has 0 saturated carbocycles. The van der Waals surface area contributed by atoms with Crippen molar-refractivity contribution in [1.29, 1.82) is 0 Å². The minimum Gasteiger partial charge on any atom is -0.494 e. The van der Waals surface area contributed by atoms with Crippen LogP contribution in [0.25, 0.3) is 5.65 Å². The molecule has 0 aliphatic carbocycles. The Bertz CT molecular complexity index is 1090. The minimum atomic E-state index is -0.285. The maximum Gasteiger partial charge on any atom is 0.247 e. The molecule has 0 atom stereocenters. The number of fused-ring (bicyclic) bond motifs is 1. The normalized spacial score (nSPS) is 10.9. The number of likely N-dealkylation sites (N-methyl/N-ethyl adjacent to an activating group) is 2. The summed E-state index contributed by atoms with van der Waals surface area (Å²) < 4.78 is 7.59. The maximum atomic E-state index is 12.1. The third kappa shape index (κ3) is 5.13. The van der Waals surface area contributed by atoms with Gasteiger partial charge in [0.2, 0.25) is 5.91 Å². The summed E-state index contributed by atoms with van der Waals surface area (Å²) in [7, 11) is 7.64. The third-order valence-corrected chi connectivity index (χ3v) is 4.90. The van der Waals surface area contributed by atoms with E-state index in [0.717, 1.165) is 30.1 Å². The predicted octanol–water partition coefficient (Wildman–Crippen LogP) is 2.91. The Hall–Kier alpha value is -3.59. The van der Waals surface area contributed by atoms with Crippen LogP contribution in [0.1, 0.15) is 5.69 Å². The lowest BCUT2D eigenvalue weighted by Gasteiger charge is -2.26. The van der Waals surface area contributed by atoms with Crippen molar-refractivity contribution in [2.75, 3.05) is 56.9 Å². The number of methoxy groups -OCH3 is 1. The number of nitrogens with zero attached hydrogens (tertiary/aromatic N) is 5. The van der Waals surface area contributed by atoms with Gasteiger partial charge in [-0.25, -0.2) is 9.97 Å². The fourth-order valence-corrected chi connectivity index (χ4v) is 3.12. The van der Waals surface area contributed by atoms with E-state index in [1.807, 2.05) is 50.8 Å². The highest BCUT2D eigenvalue weighted by atomic mass is 16.5. The molecule has 1 aromatic carbocycles. The monoisotopic (exact) mass is 423 g/mol. The number of imidazole rings is 1. The molecular formula is C22H29N7O2. The van der Waals surface area contributed by atoms with Gasteiger partial charge in [0.1, 0.15) is 11.6 Å². The molecule has 1 amide bonds. The average Bonchev–Trinajstić information content (AvgIpc) is 3.12. The molecule has 2 N–H and O–H groups in total. The molecule has 0 aliphatic rings. The smallest absolute Gasteiger partial charge is 0.247 e. The minimum absolute atomic E-state index is 0.285. The van der Waals surface area contributed by atoms with Gasteiger partial charge in [-0.3, -0.25) is 9.20 Å².